The summed E-state index contributed by atoms with van der Waals surface area (Å²) < 4.78 is 27.5. The summed E-state index contributed by atoms with van der Waals surface area (Å²) in [5.41, 5.74) is 0.486. The molecular formula is C11H12BrN5O2S. The van der Waals surface area contributed by atoms with Crippen LogP contribution in [0.1, 0.15) is 6.92 Å². The van der Waals surface area contributed by atoms with E-state index >= 15 is 0 Å². The number of hydrogen-bond acceptors (Lipinski definition) is 6. The van der Waals surface area contributed by atoms with Crippen molar-refractivity contribution < 1.29 is 8.42 Å². The SMILES string of the molecule is CCNc1ccncc1S(=O)(=O)Nc1cnc(Br)cn1. The Morgan fingerprint density at radius 3 is 2.70 bits per heavy atom. The lowest BCUT2D eigenvalue weighted by atomic mass is 10.4. The van der Waals surface area contributed by atoms with Crippen molar-refractivity contribution in [1.82, 2.24) is 15.0 Å². The number of hydrogen-bond donors (Lipinski definition) is 2. The maximum absolute atomic E-state index is 12.3. The van der Waals surface area contributed by atoms with Crippen LogP contribution in [0.5, 0.6) is 0 Å². The van der Waals surface area contributed by atoms with E-state index in [1.165, 1.54) is 24.8 Å². The third-order valence-corrected chi connectivity index (χ3v) is 4.09. The number of nitrogens with zero attached hydrogens (tertiary/aromatic N) is 3. The van der Waals surface area contributed by atoms with E-state index in [0.717, 1.165) is 0 Å². The van der Waals surface area contributed by atoms with Crippen molar-refractivity contribution in [1.29, 1.82) is 0 Å². The quantitative estimate of drug-likeness (QED) is 0.847. The maximum Gasteiger partial charge on any atom is 0.266 e. The topological polar surface area (TPSA) is 96.9 Å². The molecule has 0 aliphatic rings. The van der Waals surface area contributed by atoms with E-state index < -0.39 is 10.0 Å². The zero-order valence-corrected chi connectivity index (χ0v) is 12.9. The molecule has 2 aromatic rings. The summed E-state index contributed by atoms with van der Waals surface area (Å²) in [5.74, 6) is 0.138. The van der Waals surface area contributed by atoms with Gasteiger partial charge in [-0.25, -0.2) is 18.4 Å². The van der Waals surface area contributed by atoms with Crippen molar-refractivity contribution in [2.45, 2.75) is 11.8 Å². The number of sulfonamides is 1. The van der Waals surface area contributed by atoms with Crippen LogP contribution in [0.15, 0.2) is 40.4 Å². The normalized spacial score (nSPS) is 11.1. The monoisotopic (exact) mass is 357 g/mol. The highest BCUT2D eigenvalue weighted by Crippen LogP contribution is 2.21. The first-order valence-corrected chi connectivity index (χ1v) is 7.99. The molecule has 2 rings (SSSR count). The first kappa shape index (κ1) is 14.7. The van der Waals surface area contributed by atoms with E-state index in [2.05, 4.69) is 40.9 Å². The Morgan fingerprint density at radius 2 is 2.05 bits per heavy atom. The van der Waals surface area contributed by atoms with Gasteiger partial charge in [0.1, 0.15) is 9.50 Å². The summed E-state index contributed by atoms with van der Waals surface area (Å²) >= 11 is 3.13. The van der Waals surface area contributed by atoms with Gasteiger partial charge in [-0.1, -0.05) is 0 Å². The van der Waals surface area contributed by atoms with Crippen molar-refractivity contribution in [2.24, 2.45) is 0 Å². The van der Waals surface area contributed by atoms with Crippen LogP contribution in [0, 0.1) is 0 Å². The molecule has 0 radical (unpaired) electrons. The zero-order chi connectivity index (χ0) is 14.6. The fraction of sp³-hybridized carbons (Fsp3) is 0.182. The second kappa shape index (κ2) is 6.14. The van der Waals surface area contributed by atoms with Gasteiger partial charge in [-0.05, 0) is 28.9 Å². The predicted molar refractivity (Wildman–Crippen MR) is 78.9 cm³/mol. The third kappa shape index (κ3) is 3.42. The van der Waals surface area contributed by atoms with Crippen molar-refractivity contribution >= 4 is 37.5 Å². The Bertz CT molecular complexity index is 690. The van der Waals surface area contributed by atoms with Gasteiger partial charge in [-0.15, -0.1) is 0 Å². The molecule has 0 unspecified atom stereocenters. The van der Waals surface area contributed by atoms with Crippen LogP contribution in [0.2, 0.25) is 0 Å². The molecule has 0 amide bonds. The van der Waals surface area contributed by atoms with E-state index in [1.54, 1.807) is 6.07 Å². The number of pyridine rings is 1. The molecule has 2 aromatic heterocycles. The molecule has 2 heterocycles. The molecule has 0 spiro atoms. The highest BCUT2D eigenvalue weighted by atomic mass is 79.9. The lowest BCUT2D eigenvalue weighted by molar-refractivity contribution is 0.601. The molecule has 0 atom stereocenters. The van der Waals surface area contributed by atoms with Crippen molar-refractivity contribution in [3.8, 4) is 0 Å². The smallest absolute Gasteiger partial charge is 0.266 e. The van der Waals surface area contributed by atoms with Crippen LogP contribution < -0.4 is 10.0 Å². The van der Waals surface area contributed by atoms with Crippen LogP contribution in [0.25, 0.3) is 0 Å². The number of halogens is 1. The van der Waals surface area contributed by atoms with E-state index in [9.17, 15) is 8.42 Å². The van der Waals surface area contributed by atoms with E-state index in [4.69, 9.17) is 0 Å². The Labute approximate surface area is 125 Å². The molecule has 0 aromatic carbocycles. The predicted octanol–water partition coefficient (Wildman–Crippen LogP) is 1.87. The van der Waals surface area contributed by atoms with Gasteiger partial charge in [-0.3, -0.25) is 9.71 Å². The molecular weight excluding hydrogens is 346 g/mol. The van der Waals surface area contributed by atoms with E-state index in [0.29, 0.717) is 16.8 Å². The zero-order valence-electron chi connectivity index (χ0n) is 10.5. The van der Waals surface area contributed by atoms with Gasteiger partial charge in [0.2, 0.25) is 0 Å². The van der Waals surface area contributed by atoms with Gasteiger partial charge >= 0.3 is 0 Å². The molecule has 0 aliphatic heterocycles. The first-order chi connectivity index (χ1) is 9.53. The molecule has 20 heavy (non-hydrogen) atoms. The number of rotatable bonds is 5. The molecule has 2 N–H and O–H groups in total. The first-order valence-electron chi connectivity index (χ1n) is 5.71. The lowest BCUT2D eigenvalue weighted by Gasteiger charge is -2.11. The van der Waals surface area contributed by atoms with Crippen LogP contribution in [0.4, 0.5) is 11.5 Å². The minimum Gasteiger partial charge on any atom is -0.384 e. The molecule has 0 saturated heterocycles. The molecule has 0 aliphatic carbocycles. The average molecular weight is 358 g/mol. The van der Waals surface area contributed by atoms with Crippen molar-refractivity contribution in [2.75, 3.05) is 16.6 Å². The van der Waals surface area contributed by atoms with Gasteiger partial charge in [0.15, 0.2) is 5.82 Å². The van der Waals surface area contributed by atoms with Crippen LogP contribution in [-0.2, 0) is 10.0 Å². The van der Waals surface area contributed by atoms with Crippen LogP contribution in [0.3, 0.4) is 0 Å². The molecule has 0 bridgehead atoms. The van der Waals surface area contributed by atoms with E-state index in [1.807, 2.05) is 6.92 Å². The standard InChI is InChI=1S/C11H12BrN5O2S/c1-2-14-8-3-4-13-5-9(8)20(18,19)17-11-7-15-10(12)6-16-11/h3-7H,2H2,1H3,(H,13,14)(H,16,17). The Kier molecular flexibility index (Phi) is 4.50. The maximum atomic E-state index is 12.3. The van der Waals surface area contributed by atoms with Gasteiger partial charge in [0.05, 0.1) is 18.1 Å². The minimum absolute atomic E-state index is 0.0616. The minimum atomic E-state index is -3.77. The van der Waals surface area contributed by atoms with Crippen molar-refractivity contribution in [3.63, 3.8) is 0 Å². The van der Waals surface area contributed by atoms with Gasteiger partial charge in [-0.2, -0.15) is 0 Å². The number of anilines is 2. The van der Waals surface area contributed by atoms with Gasteiger partial charge in [0.25, 0.3) is 10.0 Å². The Morgan fingerprint density at radius 1 is 1.25 bits per heavy atom. The fourth-order valence-electron chi connectivity index (χ4n) is 1.49. The largest absolute Gasteiger partial charge is 0.384 e. The number of aromatic nitrogens is 3. The fourth-order valence-corrected chi connectivity index (χ4v) is 2.81. The lowest BCUT2D eigenvalue weighted by Crippen LogP contribution is -2.16. The highest BCUT2D eigenvalue weighted by molar-refractivity contribution is 9.10. The Hall–Kier alpha value is -1.74. The summed E-state index contributed by atoms with van der Waals surface area (Å²) in [4.78, 5) is 11.7. The van der Waals surface area contributed by atoms with Gasteiger partial charge < -0.3 is 5.32 Å². The van der Waals surface area contributed by atoms with E-state index in [-0.39, 0.29) is 10.7 Å². The molecule has 0 saturated carbocycles. The summed E-state index contributed by atoms with van der Waals surface area (Å²) in [6.07, 6.45) is 5.54. The molecule has 106 valence electrons. The molecule has 0 fully saturated rings. The van der Waals surface area contributed by atoms with Crippen molar-refractivity contribution in [3.05, 3.63) is 35.5 Å². The van der Waals surface area contributed by atoms with Gasteiger partial charge in [0, 0.05) is 18.9 Å². The second-order valence-electron chi connectivity index (χ2n) is 3.73. The second-order valence-corrected chi connectivity index (χ2v) is 6.20. The summed E-state index contributed by atoms with van der Waals surface area (Å²) in [7, 11) is -3.77. The van der Waals surface area contributed by atoms with Crippen LogP contribution >= 0.6 is 15.9 Å². The van der Waals surface area contributed by atoms with Crippen LogP contribution in [-0.4, -0.2) is 29.9 Å². The number of nitrogens with one attached hydrogen (secondary N) is 2. The highest BCUT2D eigenvalue weighted by Gasteiger charge is 2.19. The summed E-state index contributed by atoms with van der Waals surface area (Å²) in [6, 6.07) is 1.60. The molecule has 7 nitrogen and oxygen atoms in total. The summed E-state index contributed by atoms with van der Waals surface area (Å²) in [5, 5.41) is 2.97. The third-order valence-electron chi connectivity index (χ3n) is 2.30. The Balaban J connectivity index is 2.33. The average Bonchev–Trinajstić information content (AvgIpc) is 2.42. The molecule has 9 heteroatoms. The summed E-state index contributed by atoms with van der Waals surface area (Å²) in [6.45, 7) is 2.48.